The van der Waals surface area contributed by atoms with Crippen LogP contribution in [0, 0.1) is 12.8 Å². The molecule has 5 heteroatoms. The van der Waals surface area contributed by atoms with Crippen LogP contribution in [0.2, 0.25) is 0 Å². The number of carbonyl (C=O) groups is 1. The second-order valence-electron chi connectivity index (χ2n) is 6.98. The molecule has 1 saturated carbocycles. The van der Waals surface area contributed by atoms with Crippen molar-refractivity contribution >= 4 is 5.97 Å². The van der Waals surface area contributed by atoms with Gasteiger partial charge in [-0.2, -0.15) is 13.2 Å². The van der Waals surface area contributed by atoms with Crippen LogP contribution >= 0.6 is 0 Å². The predicted molar refractivity (Wildman–Crippen MR) is 94.3 cm³/mol. The van der Waals surface area contributed by atoms with E-state index in [-0.39, 0.29) is 24.3 Å². The molecule has 0 aliphatic heterocycles. The Hall–Kier alpha value is -2.30. The standard InChI is InChI=1S/C21H21F3O2/c1-13-5-4-8-16(14-9-11-15(12-10-14)21(22,23)24)19(13)17-6-2-3-7-18(17)20(25)26/h2-8,14-15H,9-12H2,1H3,(H,25,26). The maximum Gasteiger partial charge on any atom is 0.391 e. The summed E-state index contributed by atoms with van der Waals surface area (Å²) in [6.07, 6.45) is -2.94. The van der Waals surface area contributed by atoms with Gasteiger partial charge < -0.3 is 5.11 Å². The molecule has 26 heavy (non-hydrogen) atoms. The number of aryl methyl sites for hydroxylation is 1. The van der Waals surface area contributed by atoms with Gasteiger partial charge in [0, 0.05) is 0 Å². The summed E-state index contributed by atoms with van der Waals surface area (Å²) in [5.41, 5.74) is 3.59. The topological polar surface area (TPSA) is 37.3 Å². The van der Waals surface area contributed by atoms with Crippen LogP contribution in [0.1, 0.15) is 53.1 Å². The number of alkyl halides is 3. The Morgan fingerprint density at radius 1 is 1.00 bits per heavy atom. The number of carboxylic acid groups (broad SMARTS) is 1. The van der Waals surface area contributed by atoms with E-state index in [4.69, 9.17) is 0 Å². The lowest BCUT2D eigenvalue weighted by molar-refractivity contribution is -0.182. The van der Waals surface area contributed by atoms with E-state index in [0.29, 0.717) is 18.4 Å². The molecule has 138 valence electrons. The Balaban J connectivity index is 1.99. The molecule has 0 radical (unpaired) electrons. The summed E-state index contributed by atoms with van der Waals surface area (Å²) in [6, 6.07) is 12.6. The molecule has 0 bridgehead atoms. The van der Waals surface area contributed by atoms with Gasteiger partial charge in [-0.1, -0.05) is 36.4 Å². The number of halogens is 3. The van der Waals surface area contributed by atoms with E-state index in [1.54, 1.807) is 24.3 Å². The van der Waals surface area contributed by atoms with Crippen LogP contribution < -0.4 is 0 Å². The minimum atomic E-state index is -4.13. The number of benzene rings is 2. The van der Waals surface area contributed by atoms with Crippen molar-refractivity contribution in [1.82, 2.24) is 0 Å². The van der Waals surface area contributed by atoms with Crippen LogP contribution in [0.25, 0.3) is 11.1 Å². The molecule has 0 unspecified atom stereocenters. The van der Waals surface area contributed by atoms with Crippen LogP contribution in [-0.4, -0.2) is 17.3 Å². The first kappa shape index (κ1) is 18.5. The highest BCUT2D eigenvalue weighted by Gasteiger charge is 2.41. The molecule has 2 nitrogen and oxygen atoms in total. The fraction of sp³-hybridized carbons (Fsp3) is 0.381. The smallest absolute Gasteiger partial charge is 0.391 e. The third kappa shape index (κ3) is 3.62. The third-order valence-corrected chi connectivity index (χ3v) is 5.36. The van der Waals surface area contributed by atoms with Crippen molar-refractivity contribution in [3.8, 4) is 11.1 Å². The van der Waals surface area contributed by atoms with E-state index >= 15 is 0 Å². The molecule has 3 rings (SSSR count). The van der Waals surface area contributed by atoms with Gasteiger partial charge in [0.1, 0.15) is 0 Å². The van der Waals surface area contributed by atoms with Crippen molar-refractivity contribution in [1.29, 1.82) is 0 Å². The molecule has 2 aromatic rings. The van der Waals surface area contributed by atoms with Gasteiger partial charge in [-0.05, 0) is 66.8 Å². The molecule has 0 atom stereocenters. The number of hydrogen-bond acceptors (Lipinski definition) is 1. The van der Waals surface area contributed by atoms with Crippen molar-refractivity contribution in [2.45, 2.75) is 44.7 Å². The van der Waals surface area contributed by atoms with Gasteiger partial charge in [0.25, 0.3) is 0 Å². The van der Waals surface area contributed by atoms with E-state index in [2.05, 4.69) is 0 Å². The molecule has 0 aromatic heterocycles. The maximum atomic E-state index is 13.0. The van der Waals surface area contributed by atoms with E-state index in [0.717, 1.165) is 16.7 Å². The lowest BCUT2D eigenvalue weighted by Gasteiger charge is -2.31. The fourth-order valence-electron chi connectivity index (χ4n) is 4.02. The molecule has 1 N–H and O–H groups in total. The highest BCUT2D eigenvalue weighted by Crippen LogP contribution is 2.45. The second kappa shape index (κ2) is 7.14. The molecule has 2 aromatic carbocycles. The van der Waals surface area contributed by atoms with Gasteiger partial charge in [0.15, 0.2) is 0 Å². The van der Waals surface area contributed by atoms with Crippen LogP contribution in [0.4, 0.5) is 13.2 Å². The molecular weight excluding hydrogens is 341 g/mol. The molecule has 1 fully saturated rings. The normalized spacial score (nSPS) is 20.8. The molecule has 1 aliphatic carbocycles. The average molecular weight is 362 g/mol. The lowest BCUT2D eigenvalue weighted by atomic mass is 9.75. The van der Waals surface area contributed by atoms with Crippen molar-refractivity contribution in [2.75, 3.05) is 0 Å². The van der Waals surface area contributed by atoms with E-state index in [9.17, 15) is 23.1 Å². The van der Waals surface area contributed by atoms with Crippen molar-refractivity contribution in [3.63, 3.8) is 0 Å². The van der Waals surface area contributed by atoms with Gasteiger partial charge >= 0.3 is 12.1 Å². The van der Waals surface area contributed by atoms with Crippen molar-refractivity contribution in [2.24, 2.45) is 5.92 Å². The summed E-state index contributed by atoms with van der Waals surface area (Å²) in [6.45, 7) is 1.92. The van der Waals surface area contributed by atoms with Gasteiger partial charge in [-0.15, -0.1) is 0 Å². The van der Waals surface area contributed by atoms with Crippen LogP contribution in [0.5, 0.6) is 0 Å². The van der Waals surface area contributed by atoms with E-state index in [1.807, 2.05) is 25.1 Å². The Kier molecular flexibility index (Phi) is 5.08. The van der Waals surface area contributed by atoms with Gasteiger partial charge in [0.05, 0.1) is 11.5 Å². The van der Waals surface area contributed by atoms with E-state index in [1.165, 1.54) is 0 Å². The van der Waals surface area contributed by atoms with Crippen molar-refractivity contribution in [3.05, 3.63) is 59.2 Å². The molecule has 0 amide bonds. The van der Waals surface area contributed by atoms with Crippen molar-refractivity contribution < 1.29 is 23.1 Å². The maximum absolute atomic E-state index is 13.0. The first-order valence-electron chi connectivity index (χ1n) is 8.78. The molecule has 1 aliphatic rings. The molecule has 0 heterocycles. The zero-order chi connectivity index (χ0) is 18.9. The van der Waals surface area contributed by atoms with Gasteiger partial charge in [0.2, 0.25) is 0 Å². The Morgan fingerprint density at radius 2 is 1.65 bits per heavy atom. The summed E-state index contributed by atoms with van der Waals surface area (Å²) >= 11 is 0. The predicted octanol–water partition coefficient (Wildman–Crippen LogP) is 6.20. The monoisotopic (exact) mass is 362 g/mol. The summed E-state index contributed by atoms with van der Waals surface area (Å²) in [5, 5.41) is 9.52. The number of aromatic carboxylic acids is 1. The van der Waals surface area contributed by atoms with Crippen LogP contribution in [-0.2, 0) is 0 Å². The quantitative estimate of drug-likeness (QED) is 0.706. The second-order valence-corrected chi connectivity index (χ2v) is 6.98. The summed E-state index contributed by atoms with van der Waals surface area (Å²) in [4.78, 5) is 11.6. The minimum absolute atomic E-state index is 0.0188. The third-order valence-electron chi connectivity index (χ3n) is 5.36. The molecule has 0 spiro atoms. The Bertz CT molecular complexity index is 803. The first-order valence-corrected chi connectivity index (χ1v) is 8.78. The average Bonchev–Trinajstić information content (AvgIpc) is 2.61. The largest absolute Gasteiger partial charge is 0.478 e. The van der Waals surface area contributed by atoms with Crippen LogP contribution in [0.3, 0.4) is 0 Å². The zero-order valence-corrected chi connectivity index (χ0v) is 14.5. The van der Waals surface area contributed by atoms with Crippen LogP contribution in [0.15, 0.2) is 42.5 Å². The van der Waals surface area contributed by atoms with Gasteiger partial charge in [-0.3, -0.25) is 0 Å². The zero-order valence-electron chi connectivity index (χ0n) is 14.5. The highest BCUT2D eigenvalue weighted by molar-refractivity contribution is 5.97. The number of hydrogen-bond donors (Lipinski definition) is 1. The summed E-state index contributed by atoms with van der Waals surface area (Å²) in [7, 11) is 0. The fourth-order valence-corrected chi connectivity index (χ4v) is 4.02. The van der Waals surface area contributed by atoms with E-state index < -0.39 is 18.1 Å². The Labute approximate surface area is 150 Å². The lowest BCUT2D eigenvalue weighted by Crippen LogP contribution is -2.27. The Morgan fingerprint density at radius 3 is 2.27 bits per heavy atom. The highest BCUT2D eigenvalue weighted by atomic mass is 19.4. The van der Waals surface area contributed by atoms with Gasteiger partial charge in [-0.25, -0.2) is 4.79 Å². The summed E-state index contributed by atoms with van der Waals surface area (Å²) in [5.74, 6) is -2.21. The SMILES string of the molecule is Cc1cccc(C2CCC(C(F)(F)F)CC2)c1-c1ccccc1C(=O)O. The number of rotatable bonds is 3. The first-order chi connectivity index (χ1) is 12.3. The molecular formula is C21H21F3O2. The minimum Gasteiger partial charge on any atom is -0.478 e. The number of carboxylic acids is 1. The summed E-state index contributed by atoms with van der Waals surface area (Å²) < 4.78 is 38.9. The molecule has 0 saturated heterocycles.